The average molecular weight is 389 g/mol. The summed E-state index contributed by atoms with van der Waals surface area (Å²) in [6.45, 7) is 2.97. The van der Waals surface area contributed by atoms with Crippen molar-refractivity contribution in [3.05, 3.63) is 59.7 Å². The van der Waals surface area contributed by atoms with Gasteiger partial charge < -0.3 is 15.4 Å². The van der Waals surface area contributed by atoms with E-state index in [2.05, 4.69) is 20.7 Å². The molecule has 0 radical (unpaired) electrons. The van der Waals surface area contributed by atoms with E-state index in [1.807, 2.05) is 0 Å². The van der Waals surface area contributed by atoms with E-state index in [9.17, 15) is 13.2 Å². The van der Waals surface area contributed by atoms with Crippen LogP contribution in [0.4, 0.5) is 30.5 Å². The maximum absolute atomic E-state index is 14.5. The summed E-state index contributed by atoms with van der Waals surface area (Å²) >= 11 is 0. The summed E-state index contributed by atoms with van der Waals surface area (Å²) < 4.78 is 47.9. The molecule has 4 rings (SSSR count). The van der Waals surface area contributed by atoms with E-state index in [0.29, 0.717) is 18.8 Å². The molecule has 146 valence electrons. The lowest BCUT2D eigenvalue weighted by atomic mass is 10.1. The molecule has 6 nitrogen and oxygen atoms in total. The molecule has 0 saturated carbocycles. The topological polar surface area (TPSA) is 64.0 Å². The molecule has 2 aromatic carbocycles. The first kappa shape index (κ1) is 18.3. The number of anilines is 3. The number of rotatable bonds is 5. The van der Waals surface area contributed by atoms with Crippen LogP contribution in [-0.2, 0) is 4.74 Å². The van der Waals surface area contributed by atoms with Crippen molar-refractivity contribution in [1.82, 2.24) is 14.8 Å². The van der Waals surface area contributed by atoms with Gasteiger partial charge in [0.2, 0.25) is 5.95 Å². The molecule has 2 heterocycles. The summed E-state index contributed by atoms with van der Waals surface area (Å²) in [5.74, 6) is -1.78. The molecule has 28 heavy (non-hydrogen) atoms. The Labute approximate surface area is 159 Å². The van der Waals surface area contributed by atoms with Crippen LogP contribution in [0, 0.1) is 24.4 Å². The van der Waals surface area contributed by atoms with Crippen molar-refractivity contribution in [2.75, 3.05) is 23.8 Å². The highest BCUT2D eigenvalue weighted by atomic mass is 19.1. The molecule has 1 aliphatic heterocycles. The van der Waals surface area contributed by atoms with Gasteiger partial charge in [-0.05, 0) is 43.2 Å². The van der Waals surface area contributed by atoms with Gasteiger partial charge in [0.05, 0.1) is 24.0 Å². The number of hydrogen-bond acceptors (Lipinski definition) is 5. The number of hydrogen-bond donors (Lipinski definition) is 2. The van der Waals surface area contributed by atoms with Crippen molar-refractivity contribution in [3.63, 3.8) is 0 Å². The van der Waals surface area contributed by atoms with Crippen molar-refractivity contribution in [3.8, 4) is 5.69 Å². The van der Waals surface area contributed by atoms with Crippen molar-refractivity contribution in [1.29, 1.82) is 0 Å². The molecule has 1 fully saturated rings. The van der Waals surface area contributed by atoms with E-state index < -0.39 is 17.5 Å². The summed E-state index contributed by atoms with van der Waals surface area (Å²) in [7, 11) is 0. The van der Waals surface area contributed by atoms with Gasteiger partial charge in [-0.15, -0.1) is 5.10 Å². The maximum atomic E-state index is 14.5. The SMILES string of the molecule is Cc1cc(NC2CCOC2)cc(Nc2ncn(-c3cc(F)cc(F)c3)n2)c1F. The lowest BCUT2D eigenvalue weighted by Gasteiger charge is -2.15. The van der Waals surface area contributed by atoms with Crippen molar-refractivity contribution in [2.45, 2.75) is 19.4 Å². The highest BCUT2D eigenvalue weighted by Crippen LogP contribution is 2.27. The Balaban J connectivity index is 1.57. The third-order valence-electron chi connectivity index (χ3n) is 4.41. The summed E-state index contributed by atoms with van der Waals surface area (Å²) in [5.41, 5.74) is 1.58. The van der Waals surface area contributed by atoms with Gasteiger partial charge in [0.1, 0.15) is 23.8 Å². The zero-order chi connectivity index (χ0) is 19.7. The zero-order valence-corrected chi connectivity index (χ0v) is 15.0. The van der Waals surface area contributed by atoms with Gasteiger partial charge in [0.15, 0.2) is 0 Å². The molecule has 1 aliphatic rings. The van der Waals surface area contributed by atoms with E-state index in [0.717, 1.165) is 30.3 Å². The fraction of sp³-hybridized carbons (Fsp3) is 0.263. The third-order valence-corrected chi connectivity index (χ3v) is 4.41. The van der Waals surface area contributed by atoms with Crippen LogP contribution in [0.2, 0.25) is 0 Å². The molecule has 0 spiro atoms. The second-order valence-corrected chi connectivity index (χ2v) is 6.62. The molecule has 9 heteroatoms. The lowest BCUT2D eigenvalue weighted by Crippen LogP contribution is -2.19. The van der Waals surface area contributed by atoms with Crippen molar-refractivity contribution in [2.24, 2.45) is 0 Å². The second-order valence-electron chi connectivity index (χ2n) is 6.62. The lowest BCUT2D eigenvalue weighted by molar-refractivity contribution is 0.195. The predicted octanol–water partition coefficient (Wildman–Crippen LogP) is 3.94. The molecule has 0 amide bonds. The number of halogens is 3. The minimum absolute atomic E-state index is 0.101. The third kappa shape index (κ3) is 3.94. The Morgan fingerprint density at radius 2 is 1.89 bits per heavy atom. The molecular formula is C19H18F3N5O. The van der Waals surface area contributed by atoms with Gasteiger partial charge in [-0.3, -0.25) is 0 Å². The molecule has 1 atom stereocenters. The summed E-state index contributed by atoms with van der Waals surface area (Å²) in [5, 5.41) is 10.3. The Bertz CT molecular complexity index is 981. The van der Waals surface area contributed by atoms with Crippen LogP contribution in [0.15, 0.2) is 36.7 Å². The zero-order valence-electron chi connectivity index (χ0n) is 15.0. The van der Waals surface area contributed by atoms with Gasteiger partial charge in [0.25, 0.3) is 0 Å². The van der Waals surface area contributed by atoms with Crippen LogP contribution in [0.3, 0.4) is 0 Å². The smallest absolute Gasteiger partial charge is 0.247 e. The number of aryl methyl sites for hydroxylation is 1. The molecule has 2 N–H and O–H groups in total. The molecule has 1 saturated heterocycles. The Kier molecular flexibility index (Phi) is 4.91. The standard InChI is InChI=1S/C19H18F3N5O/c1-11-4-15(24-14-2-3-28-9-14)8-17(18(11)22)25-19-23-10-27(26-19)16-6-12(20)5-13(21)7-16/h4-8,10,14,24H,2-3,9H2,1H3,(H,25,26). The molecule has 1 unspecified atom stereocenters. The Morgan fingerprint density at radius 1 is 1.11 bits per heavy atom. The van der Waals surface area contributed by atoms with Crippen molar-refractivity contribution >= 4 is 17.3 Å². The Morgan fingerprint density at radius 3 is 2.61 bits per heavy atom. The molecule has 0 bridgehead atoms. The number of aromatic nitrogens is 3. The quantitative estimate of drug-likeness (QED) is 0.692. The average Bonchev–Trinajstić information content (AvgIpc) is 3.30. The molecule has 3 aromatic rings. The number of ether oxygens (including phenoxy) is 1. The van der Waals surface area contributed by atoms with Crippen LogP contribution in [0.25, 0.3) is 5.69 Å². The van der Waals surface area contributed by atoms with E-state index in [4.69, 9.17) is 4.74 Å². The van der Waals surface area contributed by atoms with Crippen molar-refractivity contribution < 1.29 is 17.9 Å². The van der Waals surface area contributed by atoms with Gasteiger partial charge in [-0.1, -0.05) is 0 Å². The van der Waals surface area contributed by atoms with E-state index in [1.165, 1.54) is 11.0 Å². The molecule has 1 aromatic heterocycles. The highest BCUT2D eigenvalue weighted by Gasteiger charge is 2.17. The van der Waals surface area contributed by atoms with Gasteiger partial charge in [-0.2, -0.15) is 4.98 Å². The van der Waals surface area contributed by atoms with Gasteiger partial charge in [-0.25, -0.2) is 17.9 Å². The first-order chi connectivity index (χ1) is 13.5. The largest absolute Gasteiger partial charge is 0.380 e. The van der Waals surface area contributed by atoms with Crippen LogP contribution < -0.4 is 10.6 Å². The number of nitrogens with one attached hydrogen (secondary N) is 2. The minimum Gasteiger partial charge on any atom is -0.380 e. The highest BCUT2D eigenvalue weighted by molar-refractivity contribution is 5.64. The molecule has 0 aliphatic carbocycles. The first-order valence-corrected chi connectivity index (χ1v) is 8.77. The van der Waals surface area contributed by atoms with Gasteiger partial charge >= 0.3 is 0 Å². The molecular weight excluding hydrogens is 371 g/mol. The van der Waals surface area contributed by atoms with E-state index >= 15 is 0 Å². The van der Waals surface area contributed by atoms with Gasteiger partial charge in [0, 0.05) is 18.4 Å². The predicted molar refractivity (Wildman–Crippen MR) is 98.5 cm³/mol. The maximum Gasteiger partial charge on any atom is 0.247 e. The summed E-state index contributed by atoms with van der Waals surface area (Å²) in [6.07, 6.45) is 2.18. The second kappa shape index (κ2) is 7.51. The normalized spacial score (nSPS) is 16.4. The van der Waals surface area contributed by atoms with Crippen LogP contribution in [0.1, 0.15) is 12.0 Å². The monoisotopic (exact) mass is 389 g/mol. The Hall–Kier alpha value is -3.07. The number of benzene rings is 2. The van der Waals surface area contributed by atoms with Crippen LogP contribution in [-0.4, -0.2) is 34.0 Å². The fourth-order valence-electron chi connectivity index (χ4n) is 3.06. The van der Waals surface area contributed by atoms with Crippen LogP contribution >= 0.6 is 0 Å². The first-order valence-electron chi connectivity index (χ1n) is 8.77. The number of nitrogens with zero attached hydrogens (tertiary/aromatic N) is 3. The fourth-order valence-corrected chi connectivity index (χ4v) is 3.06. The van der Waals surface area contributed by atoms with E-state index in [-0.39, 0.29) is 23.4 Å². The van der Waals surface area contributed by atoms with Crippen LogP contribution in [0.5, 0.6) is 0 Å². The van der Waals surface area contributed by atoms with E-state index in [1.54, 1.807) is 19.1 Å². The minimum atomic E-state index is -0.726. The summed E-state index contributed by atoms with van der Waals surface area (Å²) in [4.78, 5) is 4.04. The summed E-state index contributed by atoms with van der Waals surface area (Å²) in [6, 6.07) is 6.55.